The van der Waals surface area contributed by atoms with Crippen molar-refractivity contribution in [2.24, 2.45) is 0 Å². The Morgan fingerprint density at radius 2 is 2.17 bits per heavy atom. The highest BCUT2D eigenvalue weighted by atomic mass is 15.1. The average molecular weight is 242 g/mol. The highest BCUT2D eigenvalue weighted by Gasteiger charge is 2.23. The van der Waals surface area contributed by atoms with Gasteiger partial charge in [-0.2, -0.15) is 5.26 Å². The molecule has 18 heavy (non-hydrogen) atoms. The Balaban J connectivity index is 2.13. The molecule has 2 heteroatoms. The Morgan fingerprint density at radius 3 is 2.89 bits per heavy atom. The largest absolute Gasteiger partial charge is 0.288 e. The van der Waals surface area contributed by atoms with E-state index >= 15 is 0 Å². The molecule has 0 N–H and O–H groups in total. The van der Waals surface area contributed by atoms with E-state index in [1.54, 1.807) is 0 Å². The number of fused-ring (bicyclic) bond motifs is 1. The second-order valence-corrected chi connectivity index (χ2v) is 5.47. The molecule has 0 aromatic heterocycles. The van der Waals surface area contributed by atoms with Crippen molar-refractivity contribution in [2.75, 3.05) is 13.1 Å². The predicted molar refractivity (Wildman–Crippen MR) is 74.4 cm³/mol. The Hall–Kier alpha value is -1.33. The second-order valence-electron chi connectivity index (χ2n) is 5.47. The highest BCUT2D eigenvalue weighted by Crippen LogP contribution is 2.32. The molecule has 96 valence electrons. The first-order valence-corrected chi connectivity index (χ1v) is 6.91. The van der Waals surface area contributed by atoms with Crippen LogP contribution in [0, 0.1) is 11.3 Å². The van der Waals surface area contributed by atoms with Crippen LogP contribution in [0.4, 0.5) is 0 Å². The highest BCUT2D eigenvalue weighted by molar-refractivity contribution is 5.32. The minimum atomic E-state index is 0.443. The maximum atomic E-state index is 8.92. The normalized spacial score (nSPS) is 18.7. The van der Waals surface area contributed by atoms with E-state index in [0.717, 1.165) is 6.54 Å². The molecule has 1 aromatic rings. The summed E-state index contributed by atoms with van der Waals surface area (Å²) in [5, 5.41) is 8.92. The van der Waals surface area contributed by atoms with E-state index in [4.69, 9.17) is 5.26 Å². The second kappa shape index (κ2) is 6.02. The fourth-order valence-electron chi connectivity index (χ4n) is 2.88. The summed E-state index contributed by atoms with van der Waals surface area (Å²) in [6.07, 6.45) is 3.75. The van der Waals surface area contributed by atoms with Crippen molar-refractivity contribution in [1.82, 2.24) is 4.90 Å². The van der Waals surface area contributed by atoms with Crippen LogP contribution in [0.2, 0.25) is 0 Å². The molecule has 0 heterocycles. The molecule has 0 saturated heterocycles. The first-order chi connectivity index (χ1) is 8.72. The third-order valence-electron chi connectivity index (χ3n) is 3.95. The van der Waals surface area contributed by atoms with Crippen LogP contribution in [0.3, 0.4) is 0 Å². The minimum absolute atomic E-state index is 0.443. The van der Waals surface area contributed by atoms with E-state index in [1.807, 2.05) is 0 Å². The van der Waals surface area contributed by atoms with Gasteiger partial charge in [-0.1, -0.05) is 24.3 Å². The third kappa shape index (κ3) is 2.91. The maximum absolute atomic E-state index is 8.92. The number of rotatable bonds is 4. The van der Waals surface area contributed by atoms with Crippen LogP contribution < -0.4 is 0 Å². The van der Waals surface area contributed by atoms with E-state index < -0.39 is 0 Å². The molecule has 0 radical (unpaired) electrons. The molecular formula is C16H22N2. The molecule has 1 aromatic carbocycles. The monoisotopic (exact) mass is 242 g/mol. The summed E-state index contributed by atoms with van der Waals surface area (Å²) in [5.74, 6) is 0.602. The van der Waals surface area contributed by atoms with E-state index in [0.29, 0.717) is 18.5 Å². The van der Waals surface area contributed by atoms with Crippen LogP contribution in [0.5, 0.6) is 0 Å². The molecule has 0 aliphatic heterocycles. The van der Waals surface area contributed by atoms with E-state index in [-0.39, 0.29) is 0 Å². The molecule has 0 fully saturated rings. The molecule has 2 nitrogen and oxygen atoms in total. The smallest absolute Gasteiger partial charge is 0.0868 e. The first-order valence-electron chi connectivity index (χ1n) is 6.91. The van der Waals surface area contributed by atoms with Crippen LogP contribution in [-0.4, -0.2) is 24.0 Å². The topological polar surface area (TPSA) is 27.0 Å². The minimum Gasteiger partial charge on any atom is -0.288 e. The molecule has 0 amide bonds. The van der Waals surface area contributed by atoms with Crippen LogP contribution in [-0.2, 0) is 6.42 Å². The van der Waals surface area contributed by atoms with Crippen LogP contribution in [0.25, 0.3) is 0 Å². The lowest BCUT2D eigenvalue weighted by Gasteiger charge is -2.32. The zero-order chi connectivity index (χ0) is 13.0. The average Bonchev–Trinajstić information content (AvgIpc) is 2.38. The van der Waals surface area contributed by atoms with Crippen molar-refractivity contribution in [3.05, 3.63) is 35.4 Å². The van der Waals surface area contributed by atoms with E-state index in [1.165, 1.54) is 30.4 Å². The quantitative estimate of drug-likeness (QED) is 0.757. The first kappa shape index (κ1) is 13.1. The van der Waals surface area contributed by atoms with Gasteiger partial charge in [0.1, 0.15) is 0 Å². The van der Waals surface area contributed by atoms with Crippen molar-refractivity contribution >= 4 is 0 Å². The zero-order valence-corrected chi connectivity index (χ0v) is 11.4. The number of hydrogen-bond acceptors (Lipinski definition) is 2. The molecule has 2 rings (SSSR count). The molecule has 1 unspecified atom stereocenters. The number of nitrogens with zero attached hydrogens (tertiary/aromatic N) is 2. The van der Waals surface area contributed by atoms with E-state index in [9.17, 15) is 0 Å². The van der Waals surface area contributed by atoms with Gasteiger partial charge < -0.3 is 0 Å². The molecule has 1 aliphatic carbocycles. The van der Waals surface area contributed by atoms with Crippen LogP contribution in [0.15, 0.2) is 24.3 Å². The lowest BCUT2D eigenvalue weighted by atomic mass is 9.82. The lowest BCUT2D eigenvalue weighted by Crippen LogP contribution is -2.35. The molecule has 0 saturated carbocycles. The van der Waals surface area contributed by atoms with Gasteiger partial charge in [0.05, 0.1) is 12.6 Å². The van der Waals surface area contributed by atoms with Crippen LogP contribution >= 0.6 is 0 Å². The van der Waals surface area contributed by atoms with Gasteiger partial charge in [0.25, 0.3) is 0 Å². The Bertz CT molecular complexity index is 431. The van der Waals surface area contributed by atoms with Gasteiger partial charge in [0.2, 0.25) is 0 Å². The Labute approximate surface area is 110 Å². The fourth-order valence-corrected chi connectivity index (χ4v) is 2.88. The van der Waals surface area contributed by atoms with Crippen molar-refractivity contribution in [3.63, 3.8) is 0 Å². The van der Waals surface area contributed by atoms with Crippen LogP contribution in [0.1, 0.15) is 43.7 Å². The van der Waals surface area contributed by atoms with Gasteiger partial charge in [-0.05, 0) is 50.2 Å². The number of aryl methyl sites for hydroxylation is 1. The van der Waals surface area contributed by atoms with Crippen molar-refractivity contribution < 1.29 is 0 Å². The lowest BCUT2D eigenvalue weighted by molar-refractivity contribution is 0.225. The standard InChI is InChI=1S/C16H22N2/c1-13(2)18(11-10-17)12-15-8-5-7-14-6-3-4-9-16(14)15/h3-4,6,9,13,15H,5,7-8,11-12H2,1-2H3. The summed E-state index contributed by atoms with van der Waals surface area (Å²) in [6, 6.07) is 11.5. The molecular weight excluding hydrogens is 220 g/mol. The zero-order valence-electron chi connectivity index (χ0n) is 11.4. The molecule has 1 atom stereocenters. The molecule has 0 spiro atoms. The summed E-state index contributed by atoms with van der Waals surface area (Å²) >= 11 is 0. The summed E-state index contributed by atoms with van der Waals surface area (Å²) < 4.78 is 0. The van der Waals surface area contributed by atoms with Gasteiger partial charge in [0, 0.05) is 12.6 Å². The summed E-state index contributed by atoms with van der Waals surface area (Å²) in [7, 11) is 0. The van der Waals surface area contributed by atoms with Gasteiger partial charge in [-0.15, -0.1) is 0 Å². The van der Waals surface area contributed by atoms with Crippen molar-refractivity contribution in [1.29, 1.82) is 5.26 Å². The third-order valence-corrected chi connectivity index (χ3v) is 3.95. The number of nitriles is 1. The summed E-state index contributed by atoms with van der Waals surface area (Å²) in [6.45, 7) is 5.90. The number of hydrogen-bond donors (Lipinski definition) is 0. The maximum Gasteiger partial charge on any atom is 0.0868 e. The fraction of sp³-hybridized carbons (Fsp3) is 0.562. The number of benzene rings is 1. The van der Waals surface area contributed by atoms with Gasteiger partial charge in [-0.25, -0.2) is 0 Å². The predicted octanol–water partition coefficient (Wildman–Crippen LogP) is 3.34. The molecule has 0 bridgehead atoms. The van der Waals surface area contributed by atoms with Gasteiger partial charge >= 0.3 is 0 Å². The van der Waals surface area contributed by atoms with Crippen molar-refractivity contribution in [2.45, 2.75) is 45.1 Å². The molecule has 1 aliphatic rings. The van der Waals surface area contributed by atoms with Gasteiger partial charge in [0.15, 0.2) is 0 Å². The summed E-state index contributed by atoms with van der Waals surface area (Å²) in [4.78, 5) is 2.28. The summed E-state index contributed by atoms with van der Waals surface area (Å²) in [5.41, 5.74) is 3.02. The van der Waals surface area contributed by atoms with Crippen molar-refractivity contribution in [3.8, 4) is 6.07 Å². The van der Waals surface area contributed by atoms with E-state index in [2.05, 4.69) is 49.1 Å². The Morgan fingerprint density at radius 1 is 1.39 bits per heavy atom. The Kier molecular flexibility index (Phi) is 4.38. The SMILES string of the molecule is CC(C)N(CC#N)CC1CCCc2ccccc21. The van der Waals surface area contributed by atoms with Gasteiger partial charge in [-0.3, -0.25) is 4.90 Å².